The van der Waals surface area contributed by atoms with Crippen molar-refractivity contribution in [1.82, 2.24) is 10.3 Å². The van der Waals surface area contributed by atoms with E-state index in [9.17, 15) is 15.0 Å². The summed E-state index contributed by atoms with van der Waals surface area (Å²) >= 11 is 0. The molecule has 0 radical (unpaired) electrons. The van der Waals surface area contributed by atoms with E-state index in [4.69, 9.17) is 0 Å². The molecule has 19 heavy (non-hydrogen) atoms. The summed E-state index contributed by atoms with van der Waals surface area (Å²) in [7, 11) is 0. The van der Waals surface area contributed by atoms with E-state index in [-0.39, 0.29) is 17.9 Å². The van der Waals surface area contributed by atoms with Crippen LogP contribution in [-0.4, -0.2) is 27.7 Å². The normalized spacial score (nSPS) is 11.8. The Hall–Kier alpha value is -2.40. The fourth-order valence-electron chi connectivity index (χ4n) is 1.73. The lowest BCUT2D eigenvalue weighted by Gasteiger charge is -2.17. The van der Waals surface area contributed by atoms with E-state index < -0.39 is 11.9 Å². The summed E-state index contributed by atoms with van der Waals surface area (Å²) in [6.07, 6.45) is 2.62. The van der Waals surface area contributed by atoms with E-state index in [0.717, 1.165) is 5.56 Å². The number of carbonyl (C=O) groups is 1. The monoisotopic (exact) mass is 258 g/mol. The number of aromatic nitrogens is 1. The Morgan fingerprint density at radius 3 is 2.63 bits per heavy atom. The lowest BCUT2D eigenvalue weighted by Crippen LogP contribution is -2.30. The zero-order chi connectivity index (χ0) is 13.7. The highest BCUT2D eigenvalue weighted by Crippen LogP contribution is 2.17. The number of hydrogen-bond donors (Lipinski definition) is 3. The Labute approximate surface area is 110 Å². The minimum atomic E-state index is -0.513. The second kappa shape index (κ2) is 5.97. The minimum Gasteiger partial charge on any atom is -0.505 e. The summed E-state index contributed by atoms with van der Waals surface area (Å²) in [5.74, 6) is -0.646. The maximum absolute atomic E-state index is 12.0. The molecule has 1 heterocycles. The summed E-state index contributed by atoms with van der Waals surface area (Å²) in [4.78, 5) is 15.7. The summed E-state index contributed by atoms with van der Waals surface area (Å²) in [5, 5.41) is 21.6. The second-order valence-electron chi connectivity index (χ2n) is 4.01. The smallest absolute Gasteiger partial charge is 0.255 e. The summed E-state index contributed by atoms with van der Waals surface area (Å²) in [5.41, 5.74) is 0.927. The number of benzene rings is 1. The van der Waals surface area contributed by atoms with Crippen molar-refractivity contribution >= 4 is 5.91 Å². The quantitative estimate of drug-likeness (QED) is 0.770. The number of carbonyl (C=O) groups excluding carboxylic acids is 1. The van der Waals surface area contributed by atoms with Gasteiger partial charge in [-0.05, 0) is 11.6 Å². The Kier molecular flexibility index (Phi) is 4.10. The van der Waals surface area contributed by atoms with Crippen molar-refractivity contribution in [3.63, 3.8) is 0 Å². The van der Waals surface area contributed by atoms with Crippen LogP contribution in [0.25, 0.3) is 0 Å². The largest absolute Gasteiger partial charge is 0.505 e. The van der Waals surface area contributed by atoms with Gasteiger partial charge in [0.05, 0.1) is 24.4 Å². The van der Waals surface area contributed by atoms with Crippen molar-refractivity contribution in [3.8, 4) is 5.75 Å². The summed E-state index contributed by atoms with van der Waals surface area (Å²) in [6.45, 7) is -0.221. The fraction of sp³-hybridized carbons (Fsp3) is 0.143. The van der Waals surface area contributed by atoms with Gasteiger partial charge in [-0.1, -0.05) is 30.3 Å². The molecule has 0 fully saturated rings. The fourth-order valence-corrected chi connectivity index (χ4v) is 1.73. The molecule has 0 aliphatic rings. The number of nitrogens with one attached hydrogen (secondary N) is 1. The van der Waals surface area contributed by atoms with E-state index in [2.05, 4.69) is 10.3 Å². The van der Waals surface area contributed by atoms with Crippen LogP contribution in [0.1, 0.15) is 22.0 Å². The maximum atomic E-state index is 12.0. The van der Waals surface area contributed by atoms with Gasteiger partial charge in [0.25, 0.3) is 5.91 Å². The number of nitrogens with zero attached hydrogens (tertiary/aromatic N) is 1. The van der Waals surface area contributed by atoms with Gasteiger partial charge < -0.3 is 15.5 Å². The van der Waals surface area contributed by atoms with Gasteiger partial charge in [-0.3, -0.25) is 9.78 Å². The first-order valence-corrected chi connectivity index (χ1v) is 5.82. The predicted molar refractivity (Wildman–Crippen MR) is 69.6 cm³/mol. The van der Waals surface area contributed by atoms with Crippen LogP contribution in [0.15, 0.2) is 48.8 Å². The lowest BCUT2D eigenvalue weighted by atomic mass is 10.1. The Balaban J connectivity index is 2.16. The highest BCUT2D eigenvalue weighted by atomic mass is 16.3. The molecule has 98 valence electrons. The molecular weight excluding hydrogens is 244 g/mol. The molecule has 0 bridgehead atoms. The molecule has 5 heteroatoms. The van der Waals surface area contributed by atoms with Gasteiger partial charge in [-0.25, -0.2) is 0 Å². The Bertz CT molecular complexity index is 558. The van der Waals surface area contributed by atoms with Crippen LogP contribution in [-0.2, 0) is 0 Å². The maximum Gasteiger partial charge on any atom is 0.255 e. The summed E-state index contributed by atoms with van der Waals surface area (Å²) in [6, 6.07) is 10.0. The van der Waals surface area contributed by atoms with Crippen LogP contribution in [0.3, 0.4) is 0 Å². The van der Waals surface area contributed by atoms with Gasteiger partial charge in [0.2, 0.25) is 0 Å². The second-order valence-corrected chi connectivity index (χ2v) is 4.01. The molecule has 0 aliphatic carbocycles. The molecule has 0 spiro atoms. The molecule has 1 atom stereocenters. The van der Waals surface area contributed by atoms with E-state index in [1.165, 1.54) is 18.5 Å². The van der Waals surface area contributed by atoms with Gasteiger partial charge in [0, 0.05) is 6.20 Å². The zero-order valence-electron chi connectivity index (χ0n) is 10.2. The highest BCUT2D eigenvalue weighted by molar-refractivity contribution is 5.96. The van der Waals surface area contributed by atoms with Crippen LogP contribution < -0.4 is 5.32 Å². The van der Waals surface area contributed by atoms with E-state index in [1.54, 1.807) is 0 Å². The van der Waals surface area contributed by atoms with Crippen LogP contribution >= 0.6 is 0 Å². The van der Waals surface area contributed by atoms with Gasteiger partial charge in [0.15, 0.2) is 0 Å². The average Bonchev–Trinajstić information content (AvgIpc) is 2.46. The minimum absolute atomic E-state index is 0.129. The Morgan fingerprint density at radius 2 is 2.00 bits per heavy atom. The van der Waals surface area contributed by atoms with Crippen molar-refractivity contribution in [1.29, 1.82) is 0 Å². The van der Waals surface area contributed by atoms with E-state index in [0.29, 0.717) is 0 Å². The van der Waals surface area contributed by atoms with Crippen molar-refractivity contribution in [2.24, 2.45) is 0 Å². The average molecular weight is 258 g/mol. The molecule has 0 unspecified atom stereocenters. The third-order valence-corrected chi connectivity index (χ3v) is 2.73. The lowest BCUT2D eigenvalue weighted by molar-refractivity contribution is 0.0913. The molecule has 1 aromatic carbocycles. The third-order valence-electron chi connectivity index (χ3n) is 2.73. The predicted octanol–water partition coefficient (Wildman–Crippen LogP) is 1.25. The van der Waals surface area contributed by atoms with Crippen LogP contribution in [0.2, 0.25) is 0 Å². The molecule has 1 amide bonds. The molecule has 2 aromatic rings. The highest BCUT2D eigenvalue weighted by Gasteiger charge is 2.16. The number of rotatable bonds is 4. The van der Waals surface area contributed by atoms with Crippen LogP contribution in [0, 0.1) is 0 Å². The Morgan fingerprint density at radius 1 is 1.26 bits per heavy atom. The van der Waals surface area contributed by atoms with E-state index in [1.807, 2.05) is 30.3 Å². The molecular formula is C14H14N2O3. The number of aromatic hydroxyl groups is 1. The first-order valence-electron chi connectivity index (χ1n) is 5.82. The van der Waals surface area contributed by atoms with Crippen molar-refractivity contribution < 1.29 is 15.0 Å². The summed E-state index contributed by atoms with van der Waals surface area (Å²) < 4.78 is 0. The third kappa shape index (κ3) is 3.08. The molecule has 3 N–H and O–H groups in total. The number of amides is 1. The number of aliphatic hydroxyl groups excluding tert-OH is 1. The molecule has 0 saturated heterocycles. The van der Waals surface area contributed by atoms with Gasteiger partial charge >= 0.3 is 0 Å². The number of pyridine rings is 1. The van der Waals surface area contributed by atoms with Crippen molar-refractivity contribution in [3.05, 3.63) is 59.9 Å². The number of aliphatic hydroxyl groups is 1. The van der Waals surface area contributed by atoms with Gasteiger partial charge in [-0.2, -0.15) is 0 Å². The molecule has 0 saturated carbocycles. The van der Waals surface area contributed by atoms with E-state index >= 15 is 0 Å². The first kappa shape index (κ1) is 13.0. The topological polar surface area (TPSA) is 82.5 Å². The van der Waals surface area contributed by atoms with Crippen LogP contribution in [0.4, 0.5) is 0 Å². The SMILES string of the molecule is O=C(N[C@@H](CO)c1ccccc1)c1ccncc1O. The van der Waals surface area contributed by atoms with Gasteiger partial charge in [-0.15, -0.1) is 0 Å². The van der Waals surface area contributed by atoms with Crippen molar-refractivity contribution in [2.45, 2.75) is 6.04 Å². The molecule has 0 aliphatic heterocycles. The molecule has 2 rings (SSSR count). The van der Waals surface area contributed by atoms with Crippen molar-refractivity contribution in [2.75, 3.05) is 6.61 Å². The number of hydrogen-bond acceptors (Lipinski definition) is 4. The zero-order valence-corrected chi connectivity index (χ0v) is 10.2. The van der Waals surface area contributed by atoms with Gasteiger partial charge in [0.1, 0.15) is 5.75 Å². The standard InChI is InChI=1S/C14H14N2O3/c17-9-12(10-4-2-1-3-5-10)16-14(19)11-6-7-15-8-13(11)18/h1-8,12,17-18H,9H2,(H,16,19)/t12-/m0/s1. The molecule has 1 aromatic heterocycles. The van der Waals surface area contributed by atoms with Crippen LogP contribution in [0.5, 0.6) is 5.75 Å². The molecule has 5 nitrogen and oxygen atoms in total. The first-order chi connectivity index (χ1) is 9.22.